The van der Waals surface area contributed by atoms with Crippen LogP contribution in [0.25, 0.3) is 10.8 Å². The van der Waals surface area contributed by atoms with E-state index in [0.717, 1.165) is 10.8 Å². The number of esters is 1. The molecule has 1 N–H and O–H groups in total. The molecule has 2 rings (SSSR count). The molecule has 0 heterocycles. The summed E-state index contributed by atoms with van der Waals surface area (Å²) in [4.78, 5) is 23.7. The monoisotopic (exact) mass is 299 g/mol. The lowest BCUT2D eigenvalue weighted by Crippen LogP contribution is -2.38. The van der Waals surface area contributed by atoms with Gasteiger partial charge in [-0.1, -0.05) is 44.2 Å². The summed E-state index contributed by atoms with van der Waals surface area (Å²) in [6.07, 6.45) is 0. The summed E-state index contributed by atoms with van der Waals surface area (Å²) >= 11 is 0. The van der Waals surface area contributed by atoms with Crippen LogP contribution in [0.4, 0.5) is 0 Å². The Labute approximate surface area is 130 Å². The van der Waals surface area contributed by atoms with Gasteiger partial charge in [-0.25, -0.2) is 4.79 Å². The van der Waals surface area contributed by atoms with Crippen molar-refractivity contribution in [2.75, 3.05) is 6.61 Å². The van der Waals surface area contributed by atoms with E-state index >= 15 is 0 Å². The quantitative estimate of drug-likeness (QED) is 0.863. The number of ether oxygens (including phenoxy) is 1. The Morgan fingerprint density at radius 2 is 1.73 bits per heavy atom. The van der Waals surface area contributed by atoms with Crippen LogP contribution in [0.15, 0.2) is 42.5 Å². The Bertz CT molecular complexity index is 679. The predicted molar refractivity (Wildman–Crippen MR) is 86.7 cm³/mol. The molecular weight excluding hydrogens is 278 g/mol. The zero-order chi connectivity index (χ0) is 16.1. The van der Waals surface area contributed by atoms with Crippen molar-refractivity contribution >= 4 is 22.6 Å². The fraction of sp³-hybridized carbons (Fsp3) is 0.333. The van der Waals surface area contributed by atoms with Crippen molar-refractivity contribution in [3.05, 3.63) is 48.0 Å². The maximum absolute atomic E-state index is 12.0. The van der Waals surface area contributed by atoms with E-state index in [4.69, 9.17) is 4.74 Å². The van der Waals surface area contributed by atoms with E-state index in [2.05, 4.69) is 5.32 Å². The number of hydrogen-bond acceptors (Lipinski definition) is 3. The Hall–Kier alpha value is -2.36. The topological polar surface area (TPSA) is 55.4 Å². The number of fused-ring (bicyclic) bond motifs is 1. The number of rotatable bonds is 5. The zero-order valence-electron chi connectivity index (χ0n) is 13.1. The van der Waals surface area contributed by atoms with E-state index in [-0.39, 0.29) is 18.6 Å². The van der Waals surface area contributed by atoms with Crippen LogP contribution >= 0.6 is 0 Å². The first-order valence-electron chi connectivity index (χ1n) is 7.42. The molecule has 0 saturated heterocycles. The van der Waals surface area contributed by atoms with E-state index < -0.39 is 5.97 Å². The normalized spacial score (nSPS) is 12.2. The van der Waals surface area contributed by atoms with Crippen LogP contribution in [0, 0.1) is 5.92 Å². The summed E-state index contributed by atoms with van der Waals surface area (Å²) in [5.41, 5.74) is 0.448. The lowest BCUT2D eigenvalue weighted by Gasteiger charge is -2.17. The van der Waals surface area contributed by atoms with Crippen LogP contribution in [-0.2, 0) is 9.53 Å². The highest BCUT2D eigenvalue weighted by molar-refractivity contribution is 5.96. The molecule has 0 unspecified atom stereocenters. The second-order valence-electron chi connectivity index (χ2n) is 5.74. The average molecular weight is 299 g/mol. The number of benzene rings is 2. The van der Waals surface area contributed by atoms with Crippen LogP contribution in [0.2, 0.25) is 0 Å². The molecule has 0 aromatic heterocycles. The molecule has 0 aliphatic carbocycles. The van der Waals surface area contributed by atoms with Gasteiger partial charge in [-0.2, -0.15) is 0 Å². The van der Waals surface area contributed by atoms with E-state index in [0.29, 0.717) is 11.5 Å². The van der Waals surface area contributed by atoms with Crippen molar-refractivity contribution in [2.24, 2.45) is 5.92 Å². The van der Waals surface area contributed by atoms with Crippen molar-refractivity contribution in [1.29, 1.82) is 0 Å². The second kappa shape index (κ2) is 7.07. The molecule has 4 nitrogen and oxygen atoms in total. The fourth-order valence-electron chi connectivity index (χ4n) is 1.99. The highest BCUT2D eigenvalue weighted by atomic mass is 16.5. The van der Waals surface area contributed by atoms with E-state index in [1.54, 1.807) is 12.1 Å². The van der Waals surface area contributed by atoms with Crippen LogP contribution in [-0.4, -0.2) is 24.5 Å². The summed E-state index contributed by atoms with van der Waals surface area (Å²) in [6.45, 7) is 5.70. The Balaban J connectivity index is 1.95. The number of carbonyl (C=O) groups is 2. The summed E-state index contributed by atoms with van der Waals surface area (Å²) in [6, 6.07) is 13.2. The summed E-state index contributed by atoms with van der Waals surface area (Å²) in [5.74, 6) is -0.436. The molecule has 2 aromatic carbocycles. The lowest BCUT2D eigenvalue weighted by molar-refractivity contribution is -0.125. The molecule has 0 radical (unpaired) electrons. The van der Waals surface area contributed by atoms with Gasteiger partial charge in [-0.3, -0.25) is 4.79 Å². The van der Waals surface area contributed by atoms with Crippen molar-refractivity contribution in [3.8, 4) is 0 Å². The molecular formula is C18H21NO3. The van der Waals surface area contributed by atoms with Gasteiger partial charge in [0.05, 0.1) is 5.56 Å². The summed E-state index contributed by atoms with van der Waals surface area (Å²) in [7, 11) is 0. The minimum atomic E-state index is -0.488. The van der Waals surface area contributed by atoms with Gasteiger partial charge in [-0.05, 0) is 35.7 Å². The maximum atomic E-state index is 12.0. The Kier molecular flexibility index (Phi) is 5.15. The molecule has 0 aliphatic rings. The SMILES string of the molecule is CC(C)[C@@H](C)NC(=O)COC(=O)c1ccc2ccccc2c1. The molecule has 22 heavy (non-hydrogen) atoms. The van der Waals surface area contributed by atoms with Crippen molar-refractivity contribution in [2.45, 2.75) is 26.8 Å². The lowest BCUT2D eigenvalue weighted by atomic mass is 10.1. The number of carbonyl (C=O) groups excluding carboxylic acids is 2. The van der Waals surface area contributed by atoms with Gasteiger partial charge in [0.2, 0.25) is 0 Å². The second-order valence-corrected chi connectivity index (χ2v) is 5.74. The van der Waals surface area contributed by atoms with E-state index in [1.807, 2.05) is 51.1 Å². The molecule has 4 heteroatoms. The first kappa shape index (κ1) is 16.0. The first-order chi connectivity index (χ1) is 10.5. The Morgan fingerprint density at radius 1 is 1.05 bits per heavy atom. The van der Waals surface area contributed by atoms with Crippen LogP contribution in [0.3, 0.4) is 0 Å². The third-order valence-corrected chi connectivity index (χ3v) is 3.71. The molecule has 1 amide bonds. The van der Waals surface area contributed by atoms with Crippen molar-refractivity contribution in [3.63, 3.8) is 0 Å². The largest absolute Gasteiger partial charge is 0.452 e. The standard InChI is InChI=1S/C18H21NO3/c1-12(2)13(3)19-17(20)11-22-18(21)16-9-8-14-6-4-5-7-15(14)10-16/h4-10,12-13H,11H2,1-3H3,(H,19,20)/t13-/m1/s1. The van der Waals surface area contributed by atoms with Gasteiger partial charge >= 0.3 is 5.97 Å². The highest BCUT2D eigenvalue weighted by Gasteiger charge is 2.14. The predicted octanol–water partition coefficient (Wildman–Crippen LogP) is 3.16. The van der Waals surface area contributed by atoms with Gasteiger partial charge in [-0.15, -0.1) is 0 Å². The van der Waals surface area contributed by atoms with E-state index in [1.165, 1.54) is 0 Å². The first-order valence-corrected chi connectivity index (χ1v) is 7.42. The average Bonchev–Trinajstić information content (AvgIpc) is 2.52. The minimum absolute atomic E-state index is 0.0480. The molecule has 116 valence electrons. The van der Waals surface area contributed by atoms with Gasteiger partial charge in [0.25, 0.3) is 5.91 Å². The third kappa shape index (κ3) is 4.07. The van der Waals surface area contributed by atoms with Crippen LogP contribution < -0.4 is 5.32 Å². The number of amides is 1. The number of nitrogens with one attached hydrogen (secondary N) is 1. The third-order valence-electron chi connectivity index (χ3n) is 3.71. The molecule has 0 fully saturated rings. The molecule has 1 atom stereocenters. The van der Waals surface area contributed by atoms with Gasteiger partial charge in [0, 0.05) is 6.04 Å². The van der Waals surface area contributed by atoms with Crippen molar-refractivity contribution in [1.82, 2.24) is 5.32 Å². The summed E-state index contributed by atoms with van der Waals surface area (Å²) < 4.78 is 5.07. The fourth-order valence-corrected chi connectivity index (χ4v) is 1.99. The van der Waals surface area contributed by atoms with Crippen LogP contribution in [0.1, 0.15) is 31.1 Å². The summed E-state index contributed by atoms with van der Waals surface area (Å²) in [5, 5.41) is 4.82. The molecule has 0 saturated carbocycles. The minimum Gasteiger partial charge on any atom is -0.452 e. The zero-order valence-corrected chi connectivity index (χ0v) is 13.1. The van der Waals surface area contributed by atoms with E-state index in [9.17, 15) is 9.59 Å². The maximum Gasteiger partial charge on any atom is 0.338 e. The van der Waals surface area contributed by atoms with Crippen LogP contribution in [0.5, 0.6) is 0 Å². The number of hydrogen-bond donors (Lipinski definition) is 1. The van der Waals surface area contributed by atoms with Gasteiger partial charge in [0.1, 0.15) is 0 Å². The highest BCUT2D eigenvalue weighted by Crippen LogP contribution is 2.16. The molecule has 0 aliphatic heterocycles. The van der Waals surface area contributed by atoms with Gasteiger partial charge in [0.15, 0.2) is 6.61 Å². The molecule has 0 bridgehead atoms. The van der Waals surface area contributed by atoms with Crippen molar-refractivity contribution < 1.29 is 14.3 Å². The molecule has 0 spiro atoms. The Morgan fingerprint density at radius 3 is 2.41 bits per heavy atom. The smallest absolute Gasteiger partial charge is 0.338 e. The molecule has 2 aromatic rings. The van der Waals surface area contributed by atoms with Gasteiger partial charge < -0.3 is 10.1 Å².